The molecule has 1 aromatic carbocycles. The molecule has 0 spiro atoms. The minimum atomic E-state index is -3.69. The van der Waals surface area contributed by atoms with Gasteiger partial charge in [-0.25, -0.2) is 17.9 Å². The lowest BCUT2D eigenvalue weighted by molar-refractivity contribution is -0.165. The number of carboxylic acid groups (broad SMARTS) is 1. The molecule has 122 valence electrons. The molecule has 0 aliphatic rings. The van der Waals surface area contributed by atoms with Gasteiger partial charge in [-0.3, -0.25) is 4.79 Å². The molecule has 0 heterocycles. The van der Waals surface area contributed by atoms with Crippen LogP contribution in [-0.2, 0) is 24.3 Å². The number of carboxylic acids is 1. The Labute approximate surface area is 128 Å². The van der Waals surface area contributed by atoms with Gasteiger partial charge in [0.1, 0.15) is 0 Å². The second-order valence-corrected chi connectivity index (χ2v) is 6.49. The lowest BCUT2D eigenvalue weighted by Gasteiger charge is -2.22. The van der Waals surface area contributed by atoms with E-state index in [1.54, 1.807) is 0 Å². The normalized spacial score (nSPS) is 14.2. The summed E-state index contributed by atoms with van der Waals surface area (Å²) in [7, 11) is -1.32. The van der Waals surface area contributed by atoms with Crippen LogP contribution >= 0.6 is 0 Å². The third-order valence-corrected chi connectivity index (χ3v) is 4.90. The van der Waals surface area contributed by atoms with Gasteiger partial charge in [0.25, 0.3) is 5.91 Å². The Morgan fingerprint density at radius 3 is 2.36 bits per heavy atom. The lowest BCUT2D eigenvalue weighted by atomic mass is 10.1. The summed E-state index contributed by atoms with van der Waals surface area (Å²) in [5.74, 6) is -2.37. The molecule has 22 heavy (non-hydrogen) atoms. The van der Waals surface area contributed by atoms with Crippen molar-refractivity contribution in [1.82, 2.24) is 4.72 Å². The topological polar surface area (TPSA) is 122 Å². The highest BCUT2D eigenvalue weighted by Crippen LogP contribution is 2.24. The summed E-state index contributed by atoms with van der Waals surface area (Å²) in [5, 5.41) is 11.5. The molecular weight excluding hydrogens is 312 g/mol. The van der Waals surface area contributed by atoms with Crippen LogP contribution in [0.2, 0.25) is 0 Å². The van der Waals surface area contributed by atoms with Gasteiger partial charge < -0.3 is 15.2 Å². The highest BCUT2D eigenvalue weighted by Gasteiger charge is 2.42. The summed E-state index contributed by atoms with van der Waals surface area (Å²) < 4.78 is 30.7. The standard InChI is InChI=1S/C13H18N2O6S/c1-8-9(6-5-7-10(8)22(19,20)14-3)15-11(16)13(2,21-4)12(17)18/h5-7,14H,1-4H3,(H,15,16)(H,17,18). The number of sulfonamides is 1. The summed E-state index contributed by atoms with van der Waals surface area (Å²) >= 11 is 0. The number of rotatable bonds is 6. The second kappa shape index (κ2) is 6.42. The molecule has 0 radical (unpaired) electrons. The first-order valence-corrected chi connectivity index (χ1v) is 7.71. The highest BCUT2D eigenvalue weighted by molar-refractivity contribution is 7.89. The molecule has 3 N–H and O–H groups in total. The molecule has 1 aromatic rings. The van der Waals surface area contributed by atoms with Crippen molar-refractivity contribution in [2.24, 2.45) is 0 Å². The van der Waals surface area contributed by atoms with Crippen LogP contribution in [0, 0.1) is 6.92 Å². The summed E-state index contributed by atoms with van der Waals surface area (Å²) in [6.07, 6.45) is 0. The number of methoxy groups -OCH3 is 1. The molecule has 0 aromatic heterocycles. The van der Waals surface area contributed by atoms with Crippen molar-refractivity contribution in [3.05, 3.63) is 23.8 Å². The Hall–Kier alpha value is -1.97. The van der Waals surface area contributed by atoms with Crippen molar-refractivity contribution in [2.75, 3.05) is 19.5 Å². The largest absolute Gasteiger partial charge is 0.479 e. The Morgan fingerprint density at radius 2 is 1.91 bits per heavy atom. The number of nitrogens with one attached hydrogen (secondary N) is 2. The first-order valence-electron chi connectivity index (χ1n) is 6.23. The first kappa shape index (κ1) is 18.1. The van der Waals surface area contributed by atoms with Crippen molar-refractivity contribution in [1.29, 1.82) is 0 Å². The fraction of sp³-hybridized carbons (Fsp3) is 0.385. The van der Waals surface area contributed by atoms with Crippen LogP contribution in [0.3, 0.4) is 0 Å². The van der Waals surface area contributed by atoms with Gasteiger partial charge in [-0.05, 0) is 38.6 Å². The van der Waals surface area contributed by atoms with E-state index in [0.717, 1.165) is 14.0 Å². The van der Waals surface area contributed by atoms with Crippen LogP contribution in [0.5, 0.6) is 0 Å². The fourth-order valence-electron chi connectivity index (χ4n) is 1.67. The Morgan fingerprint density at radius 1 is 1.32 bits per heavy atom. The number of ether oxygens (including phenoxy) is 1. The predicted octanol–water partition coefficient (Wildman–Crippen LogP) is 0.331. The van der Waals surface area contributed by atoms with Crippen molar-refractivity contribution >= 4 is 27.6 Å². The van der Waals surface area contributed by atoms with E-state index in [9.17, 15) is 18.0 Å². The maximum Gasteiger partial charge on any atom is 0.345 e. The number of hydrogen-bond acceptors (Lipinski definition) is 5. The lowest BCUT2D eigenvalue weighted by Crippen LogP contribution is -2.49. The molecule has 0 aliphatic carbocycles. The maximum atomic E-state index is 12.1. The molecule has 1 atom stereocenters. The number of benzene rings is 1. The van der Waals surface area contributed by atoms with E-state index in [1.807, 2.05) is 0 Å². The molecular formula is C13H18N2O6S. The van der Waals surface area contributed by atoms with Crippen LogP contribution in [-0.4, -0.2) is 45.2 Å². The monoisotopic (exact) mass is 330 g/mol. The second-order valence-electron chi connectivity index (χ2n) is 4.63. The van der Waals surface area contributed by atoms with Gasteiger partial charge in [0.05, 0.1) is 4.90 Å². The van der Waals surface area contributed by atoms with Gasteiger partial charge >= 0.3 is 5.97 Å². The Bertz CT molecular complexity index is 700. The average Bonchev–Trinajstić information content (AvgIpc) is 2.47. The molecule has 0 saturated heterocycles. The van der Waals surface area contributed by atoms with E-state index < -0.39 is 27.5 Å². The predicted molar refractivity (Wildman–Crippen MR) is 79.1 cm³/mol. The number of anilines is 1. The van der Waals surface area contributed by atoms with Crippen molar-refractivity contribution in [3.63, 3.8) is 0 Å². The molecule has 0 bridgehead atoms. The number of hydrogen-bond donors (Lipinski definition) is 3. The van der Waals surface area contributed by atoms with Gasteiger partial charge in [-0.15, -0.1) is 0 Å². The zero-order chi connectivity index (χ0) is 17.1. The smallest absolute Gasteiger partial charge is 0.345 e. The first-order chi connectivity index (χ1) is 10.1. The van der Waals surface area contributed by atoms with E-state index in [0.29, 0.717) is 0 Å². The molecule has 8 nitrogen and oxygen atoms in total. The molecule has 1 unspecified atom stereocenters. The highest BCUT2D eigenvalue weighted by atomic mass is 32.2. The van der Waals surface area contributed by atoms with Crippen LogP contribution in [0.25, 0.3) is 0 Å². The SMILES string of the molecule is CNS(=O)(=O)c1cccc(NC(=O)C(C)(OC)C(=O)O)c1C. The van der Waals surface area contributed by atoms with Crippen LogP contribution in [0.1, 0.15) is 12.5 Å². The van der Waals surface area contributed by atoms with E-state index >= 15 is 0 Å². The summed E-state index contributed by atoms with van der Waals surface area (Å²) in [6.45, 7) is 2.61. The molecule has 0 fully saturated rings. The van der Waals surface area contributed by atoms with Gasteiger partial charge in [0.15, 0.2) is 0 Å². The molecule has 9 heteroatoms. The summed E-state index contributed by atoms with van der Waals surface area (Å²) in [5.41, 5.74) is -1.61. The van der Waals surface area contributed by atoms with Crippen molar-refractivity contribution in [3.8, 4) is 0 Å². The van der Waals surface area contributed by atoms with E-state index in [1.165, 1.54) is 32.2 Å². The van der Waals surface area contributed by atoms with E-state index in [2.05, 4.69) is 10.0 Å². The fourth-order valence-corrected chi connectivity index (χ4v) is 2.66. The molecule has 0 saturated carbocycles. The summed E-state index contributed by atoms with van der Waals surface area (Å²) in [4.78, 5) is 23.2. The zero-order valence-electron chi connectivity index (χ0n) is 12.6. The number of carbonyl (C=O) groups is 2. The van der Waals surface area contributed by atoms with Gasteiger partial charge in [-0.1, -0.05) is 6.07 Å². The van der Waals surface area contributed by atoms with Gasteiger partial charge in [-0.2, -0.15) is 0 Å². The zero-order valence-corrected chi connectivity index (χ0v) is 13.4. The third-order valence-electron chi connectivity index (χ3n) is 3.34. The van der Waals surface area contributed by atoms with Crippen LogP contribution < -0.4 is 10.0 Å². The van der Waals surface area contributed by atoms with E-state index in [4.69, 9.17) is 9.84 Å². The summed E-state index contributed by atoms with van der Waals surface area (Å²) in [6, 6.07) is 4.29. The molecule has 1 rings (SSSR count). The van der Waals surface area contributed by atoms with Crippen molar-refractivity contribution in [2.45, 2.75) is 24.3 Å². The third kappa shape index (κ3) is 3.26. The maximum absolute atomic E-state index is 12.1. The Kier molecular flexibility index (Phi) is 5.28. The van der Waals surface area contributed by atoms with Gasteiger partial charge in [0.2, 0.25) is 15.6 Å². The average molecular weight is 330 g/mol. The number of carbonyl (C=O) groups excluding carboxylic acids is 1. The minimum Gasteiger partial charge on any atom is -0.479 e. The van der Waals surface area contributed by atoms with Crippen LogP contribution in [0.15, 0.2) is 23.1 Å². The number of amides is 1. The van der Waals surface area contributed by atoms with Crippen LogP contribution in [0.4, 0.5) is 5.69 Å². The van der Waals surface area contributed by atoms with E-state index in [-0.39, 0.29) is 16.1 Å². The minimum absolute atomic E-state index is 0.0118. The van der Waals surface area contributed by atoms with Crippen molar-refractivity contribution < 1.29 is 27.9 Å². The quantitative estimate of drug-likeness (QED) is 0.646. The molecule has 1 amide bonds. The molecule has 0 aliphatic heterocycles. The number of aliphatic carboxylic acids is 1. The Balaban J connectivity index is 3.24. The van der Waals surface area contributed by atoms with Gasteiger partial charge in [0, 0.05) is 12.8 Å².